The van der Waals surface area contributed by atoms with Gasteiger partial charge in [0.15, 0.2) is 11.6 Å². The number of likely N-dealkylation sites (tertiary alicyclic amines) is 1. The number of allylic oxidation sites excluding steroid dienone is 2. The van der Waals surface area contributed by atoms with Crippen LogP contribution in [0.4, 0.5) is 8.78 Å². The van der Waals surface area contributed by atoms with Crippen LogP contribution in [-0.2, 0) is 4.79 Å². The molecule has 1 amide bonds. The van der Waals surface area contributed by atoms with E-state index in [1.165, 1.54) is 12.1 Å². The summed E-state index contributed by atoms with van der Waals surface area (Å²) in [7, 11) is 0. The van der Waals surface area contributed by atoms with Gasteiger partial charge in [-0.05, 0) is 31.4 Å². The van der Waals surface area contributed by atoms with Crippen molar-refractivity contribution in [2.45, 2.75) is 38.2 Å². The van der Waals surface area contributed by atoms with E-state index in [1.54, 1.807) is 0 Å². The maximum atomic E-state index is 13.6. The number of hydrogen-bond donors (Lipinski definition) is 0. The third-order valence-electron chi connectivity index (χ3n) is 4.56. The van der Waals surface area contributed by atoms with Crippen LogP contribution in [0.5, 0.6) is 5.75 Å². The van der Waals surface area contributed by atoms with Crippen molar-refractivity contribution in [1.82, 2.24) is 4.90 Å². The molecule has 2 aliphatic rings. The number of carbonyl (C=O) groups excluding carboxylic acids is 1. The molecular formula is C18H21F2NO2. The van der Waals surface area contributed by atoms with Crippen LogP contribution >= 0.6 is 0 Å². The summed E-state index contributed by atoms with van der Waals surface area (Å²) in [6, 6.07) is 3.33. The highest BCUT2D eigenvalue weighted by molar-refractivity contribution is 5.79. The first-order valence-corrected chi connectivity index (χ1v) is 8.19. The number of amides is 1. The molecule has 1 aliphatic heterocycles. The molecule has 5 heteroatoms. The highest BCUT2D eigenvalue weighted by Crippen LogP contribution is 2.25. The Kier molecular flexibility index (Phi) is 4.94. The topological polar surface area (TPSA) is 29.5 Å². The zero-order valence-electron chi connectivity index (χ0n) is 13.0. The molecule has 3 rings (SSSR count). The fourth-order valence-corrected chi connectivity index (χ4v) is 3.22. The summed E-state index contributed by atoms with van der Waals surface area (Å²) in [6.45, 7) is 1.26. The normalized spacial score (nSPS) is 22.2. The first-order valence-electron chi connectivity index (χ1n) is 8.19. The fraction of sp³-hybridized carbons (Fsp3) is 0.500. The number of piperidine rings is 1. The molecule has 0 radical (unpaired) electrons. The van der Waals surface area contributed by atoms with E-state index < -0.39 is 11.6 Å². The predicted octanol–water partition coefficient (Wildman–Crippen LogP) is 3.69. The van der Waals surface area contributed by atoms with Crippen molar-refractivity contribution in [1.29, 1.82) is 0 Å². The van der Waals surface area contributed by atoms with E-state index in [4.69, 9.17) is 4.74 Å². The molecule has 1 aliphatic carbocycles. The number of halogens is 2. The molecule has 0 bridgehead atoms. The Morgan fingerprint density at radius 2 is 1.91 bits per heavy atom. The average Bonchev–Trinajstić information content (AvgIpc) is 2.58. The Bertz CT molecular complexity index is 595. The molecule has 124 valence electrons. The average molecular weight is 321 g/mol. The number of hydrogen-bond acceptors (Lipinski definition) is 2. The second kappa shape index (κ2) is 7.11. The maximum Gasteiger partial charge on any atom is 0.226 e. The second-order valence-corrected chi connectivity index (χ2v) is 6.20. The minimum Gasteiger partial charge on any atom is -0.487 e. The van der Waals surface area contributed by atoms with Gasteiger partial charge >= 0.3 is 0 Å². The Hall–Kier alpha value is -1.91. The van der Waals surface area contributed by atoms with Crippen molar-refractivity contribution in [3.63, 3.8) is 0 Å². The van der Waals surface area contributed by atoms with Gasteiger partial charge in [-0.15, -0.1) is 0 Å². The van der Waals surface area contributed by atoms with Crippen molar-refractivity contribution in [3.05, 3.63) is 42.0 Å². The molecule has 1 aromatic rings. The van der Waals surface area contributed by atoms with Crippen LogP contribution < -0.4 is 4.74 Å². The van der Waals surface area contributed by atoms with Crippen LogP contribution in [0, 0.1) is 17.6 Å². The summed E-state index contributed by atoms with van der Waals surface area (Å²) in [5.41, 5.74) is 0. The quantitative estimate of drug-likeness (QED) is 0.795. The van der Waals surface area contributed by atoms with Gasteiger partial charge in [-0.25, -0.2) is 8.78 Å². The first kappa shape index (κ1) is 16.0. The highest BCUT2D eigenvalue weighted by atomic mass is 19.1. The number of carbonyl (C=O) groups is 1. The molecule has 0 spiro atoms. The van der Waals surface area contributed by atoms with E-state index in [0.717, 1.165) is 25.3 Å². The third kappa shape index (κ3) is 3.89. The summed E-state index contributed by atoms with van der Waals surface area (Å²) in [4.78, 5) is 14.4. The lowest BCUT2D eigenvalue weighted by atomic mass is 9.92. The lowest BCUT2D eigenvalue weighted by molar-refractivity contribution is -0.137. The third-order valence-corrected chi connectivity index (χ3v) is 4.56. The van der Waals surface area contributed by atoms with Crippen LogP contribution in [0.3, 0.4) is 0 Å². The van der Waals surface area contributed by atoms with Gasteiger partial charge in [0.25, 0.3) is 0 Å². The van der Waals surface area contributed by atoms with Crippen LogP contribution in [0.15, 0.2) is 30.4 Å². The molecule has 1 heterocycles. The van der Waals surface area contributed by atoms with E-state index in [2.05, 4.69) is 12.2 Å². The lowest BCUT2D eigenvalue weighted by Crippen LogP contribution is -2.44. The van der Waals surface area contributed by atoms with Gasteiger partial charge in [-0.3, -0.25) is 4.79 Å². The van der Waals surface area contributed by atoms with Crippen molar-refractivity contribution >= 4 is 5.91 Å². The maximum absolute atomic E-state index is 13.6. The molecule has 0 N–H and O–H groups in total. The van der Waals surface area contributed by atoms with E-state index in [1.807, 2.05) is 4.90 Å². The van der Waals surface area contributed by atoms with Crippen LogP contribution in [0.2, 0.25) is 0 Å². The molecule has 1 atom stereocenters. The van der Waals surface area contributed by atoms with Crippen molar-refractivity contribution in [3.8, 4) is 5.75 Å². The van der Waals surface area contributed by atoms with Crippen molar-refractivity contribution < 1.29 is 18.3 Å². The Morgan fingerprint density at radius 3 is 2.57 bits per heavy atom. The van der Waals surface area contributed by atoms with E-state index in [-0.39, 0.29) is 23.7 Å². The standard InChI is InChI=1S/C18H21F2NO2/c19-14-6-7-17(16(20)12-14)23-15-8-10-21(11-9-15)18(22)13-4-2-1-3-5-13/h1-2,6-7,12-13,15H,3-5,8-11H2/t13-/m1/s1. The van der Waals surface area contributed by atoms with Crippen LogP contribution in [0.1, 0.15) is 32.1 Å². The Morgan fingerprint density at radius 1 is 1.13 bits per heavy atom. The van der Waals surface area contributed by atoms with Crippen molar-refractivity contribution in [2.24, 2.45) is 5.92 Å². The fourth-order valence-electron chi connectivity index (χ4n) is 3.22. The molecular weight excluding hydrogens is 300 g/mol. The summed E-state index contributed by atoms with van der Waals surface area (Å²) in [5, 5.41) is 0. The molecule has 23 heavy (non-hydrogen) atoms. The molecule has 1 fully saturated rings. The smallest absolute Gasteiger partial charge is 0.226 e. The van der Waals surface area contributed by atoms with E-state index in [9.17, 15) is 13.6 Å². The molecule has 0 aromatic heterocycles. The summed E-state index contributed by atoms with van der Waals surface area (Å²) < 4.78 is 32.1. The molecule has 0 unspecified atom stereocenters. The predicted molar refractivity (Wildman–Crippen MR) is 83.1 cm³/mol. The van der Waals surface area contributed by atoms with Gasteiger partial charge in [-0.1, -0.05) is 12.2 Å². The van der Waals surface area contributed by atoms with Gasteiger partial charge in [0.1, 0.15) is 11.9 Å². The minimum atomic E-state index is -0.683. The number of nitrogens with zero attached hydrogens (tertiary/aromatic N) is 1. The monoisotopic (exact) mass is 321 g/mol. The largest absolute Gasteiger partial charge is 0.487 e. The minimum absolute atomic E-state index is 0.0774. The van der Waals surface area contributed by atoms with Gasteiger partial charge in [0, 0.05) is 37.9 Å². The van der Waals surface area contributed by atoms with Gasteiger partial charge in [0.2, 0.25) is 5.91 Å². The molecule has 1 saturated heterocycles. The summed E-state index contributed by atoms with van der Waals surface area (Å²) in [6.07, 6.45) is 8.14. The number of ether oxygens (including phenoxy) is 1. The zero-order chi connectivity index (χ0) is 16.2. The Balaban J connectivity index is 1.52. The molecule has 3 nitrogen and oxygen atoms in total. The van der Waals surface area contributed by atoms with E-state index in [0.29, 0.717) is 25.9 Å². The summed E-state index contributed by atoms with van der Waals surface area (Å²) in [5.74, 6) is -0.893. The second-order valence-electron chi connectivity index (χ2n) is 6.20. The SMILES string of the molecule is O=C([C@@H]1CC=CCC1)N1CCC(Oc2ccc(F)cc2F)CC1. The Labute approximate surface area is 134 Å². The van der Waals surface area contributed by atoms with Gasteiger partial charge in [0.05, 0.1) is 0 Å². The van der Waals surface area contributed by atoms with Crippen LogP contribution in [-0.4, -0.2) is 30.0 Å². The van der Waals surface area contributed by atoms with Crippen LogP contribution in [0.25, 0.3) is 0 Å². The lowest BCUT2D eigenvalue weighted by Gasteiger charge is -2.34. The van der Waals surface area contributed by atoms with E-state index >= 15 is 0 Å². The zero-order valence-corrected chi connectivity index (χ0v) is 13.0. The molecule has 1 aromatic carbocycles. The van der Waals surface area contributed by atoms with Gasteiger partial charge in [-0.2, -0.15) is 0 Å². The van der Waals surface area contributed by atoms with Gasteiger partial charge < -0.3 is 9.64 Å². The van der Waals surface area contributed by atoms with Crippen molar-refractivity contribution in [2.75, 3.05) is 13.1 Å². The summed E-state index contributed by atoms with van der Waals surface area (Å²) >= 11 is 0. The highest BCUT2D eigenvalue weighted by Gasteiger charge is 2.29. The number of benzene rings is 1. The number of rotatable bonds is 3. The first-order chi connectivity index (χ1) is 11.1. The molecule has 0 saturated carbocycles.